The Balaban J connectivity index is 0. The van der Waals surface area contributed by atoms with E-state index in [-0.39, 0.29) is 24.5 Å². The minimum Gasteiger partial charge on any atom is -0.508 e. The number of aromatic carboxylic acids is 1. The van der Waals surface area contributed by atoms with Crippen molar-refractivity contribution in [2.75, 3.05) is 19.8 Å². The summed E-state index contributed by atoms with van der Waals surface area (Å²) in [6, 6.07) is 4.16. The molecular weight excluding hydrogens is 460 g/mol. The van der Waals surface area contributed by atoms with Crippen molar-refractivity contribution in [1.82, 2.24) is 0 Å². The Morgan fingerprint density at radius 2 is 1.11 bits per heavy atom. The molecule has 0 bridgehead atoms. The summed E-state index contributed by atoms with van der Waals surface area (Å²) in [6.07, 6.45) is 21.2. The number of carbonyl (C=O) groups is 1. The highest BCUT2D eigenvalue weighted by Crippen LogP contribution is 2.15. The average molecular weight is 515 g/mol. The van der Waals surface area contributed by atoms with Crippen LogP contribution in [0.1, 0.15) is 126 Å². The molecule has 0 aliphatic carbocycles. The lowest BCUT2D eigenvalue weighted by atomic mass is 10.0. The van der Waals surface area contributed by atoms with Crippen LogP contribution in [-0.2, 0) is 0 Å². The summed E-state index contributed by atoms with van der Waals surface area (Å²) in [5.74, 6) is -0.880. The molecule has 7 heteroatoms. The van der Waals surface area contributed by atoms with Crippen LogP contribution in [0.5, 0.6) is 5.75 Å². The first-order valence-corrected chi connectivity index (χ1v) is 13.9. The molecular formula is C29H54O7. The Bertz CT molecular complexity index is 587. The van der Waals surface area contributed by atoms with Crippen molar-refractivity contribution in [2.45, 2.75) is 123 Å². The number of carboxylic acid groups (broad SMARTS) is 1. The number of aliphatic hydroxyl groups excluding tert-OH is 4. The fourth-order valence-corrected chi connectivity index (χ4v) is 3.61. The van der Waals surface area contributed by atoms with Gasteiger partial charge in [-0.1, -0.05) is 103 Å². The Labute approximate surface area is 219 Å². The van der Waals surface area contributed by atoms with Gasteiger partial charge in [-0.25, -0.2) is 4.79 Å². The third-order valence-electron chi connectivity index (χ3n) is 5.87. The molecule has 7 nitrogen and oxygen atoms in total. The third kappa shape index (κ3) is 25.4. The van der Waals surface area contributed by atoms with Gasteiger partial charge in [0.05, 0.1) is 18.8 Å². The van der Waals surface area contributed by atoms with E-state index < -0.39 is 12.1 Å². The molecule has 1 rings (SSSR count). The van der Waals surface area contributed by atoms with Gasteiger partial charge in [0.15, 0.2) is 0 Å². The van der Waals surface area contributed by atoms with E-state index in [1.165, 1.54) is 115 Å². The topological polar surface area (TPSA) is 138 Å². The fraction of sp³-hybridized carbons (Fsp3) is 0.759. The zero-order valence-electron chi connectivity index (χ0n) is 22.8. The lowest BCUT2D eigenvalue weighted by molar-refractivity contribution is 0.0450. The first-order valence-electron chi connectivity index (χ1n) is 13.9. The maximum atomic E-state index is 10.5. The van der Waals surface area contributed by atoms with E-state index in [0.29, 0.717) is 12.2 Å². The van der Waals surface area contributed by atoms with E-state index in [9.17, 15) is 4.79 Å². The molecule has 0 radical (unpaired) electrons. The maximum Gasteiger partial charge on any atom is 0.335 e. The zero-order chi connectivity index (χ0) is 27.4. The van der Waals surface area contributed by atoms with Crippen molar-refractivity contribution >= 4 is 5.97 Å². The first kappa shape index (κ1) is 36.5. The van der Waals surface area contributed by atoms with E-state index in [2.05, 4.69) is 6.92 Å². The second kappa shape index (κ2) is 27.9. The average Bonchev–Trinajstić information content (AvgIpc) is 2.86. The number of aryl methyl sites for hydroxylation is 1. The highest BCUT2D eigenvalue weighted by atomic mass is 16.4. The molecule has 0 aliphatic rings. The minimum atomic E-state index is -0.970. The minimum absolute atomic E-state index is 0.0903. The molecule has 0 saturated carbocycles. The smallest absolute Gasteiger partial charge is 0.335 e. The van der Waals surface area contributed by atoms with E-state index in [4.69, 9.17) is 30.6 Å². The van der Waals surface area contributed by atoms with E-state index >= 15 is 0 Å². The van der Waals surface area contributed by atoms with Crippen LogP contribution in [0.25, 0.3) is 0 Å². The van der Waals surface area contributed by atoms with Crippen molar-refractivity contribution in [3.8, 4) is 5.75 Å². The number of unbranched alkanes of at least 4 members (excludes halogenated alkanes) is 15. The van der Waals surface area contributed by atoms with Crippen LogP contribution in [0, 0.1) is 6.92 Å². The summed E-state index contributed by atoms with van der Waals surface area (Å²) < 4.78 is 0. The second-order valence-electron chi connectivity index (χ2n) is 9.35. The number of aromatic hydroxyl groups is 1. The van der Waals surface area contributed by atoms with E-state index in [1.54, 1.807) is 6.92 Å². The summed E-state index contributed by atoms with van der Waals surface area (Å²) in [5.41, 5.74) is 0.792. The van der Waals surface area contributed by atoms with Crippen molar-refractivity contribution < 1.29 is 35.4 Å². The molecule has 0 aliphatic heterocycles. The Kier molecular flexibility index (Phi) is 28.3. The van der Waals surface area contributed by atoms with Gasteiger partial charge >= 0.3 is 5.97 Å². The van der Waals surface area contributed by atoms with Crippen LogP contribution in [0.2, 0.25) is 0 Å². The molecule has 0 fully saturated rings. The normalized spacial score (nSPS) is 10.4. The van der Waals surface area contributed by atoms with Crippen molar-refractivity contribution in [3.63, 3.8) is 0 Å². The number of phenolic OH excluding ortho intramolecular Hbond substituents is 1. The molecule has 0 spiro atoms. The van der Waals surface area contributed by atoms with Crippen molar-refractivity contribution in [2.24, 2.45) is 0 Å². The summed E-state index contributed by atoms with van der Waals surface area (Å²) in [4.78, 5) is 10.5. The second-order valence-corrected chi connectivity index (χ2v) is 9.35. The van der Waals surface area contributed by atoms with Gasteiger partial charge < -0.3 is 30.6 Å². The van der Waals surface area contributed by atoms with Gasteiger partial charge in [-0.2, -0.15) is 0 Å². The van der Waals surface area contributed by atoms with Crippen LogP contribution in [0.4, 0.5) is 0 Å². The molecule has 0 saturated heterocycles. The predicted octanol–water partition coefficient (Wildman–Crippen LogP) is 5.97. The molecule has 6 N–H and O–H groups in total. The van der Waals surface area contributed by atoms with Crippen LogP contribution >= 0.6 is 0 Å². The first-order chi connectivity index (χ1) is 17.3. The summed E-state index contributed by atoms with van der Waals surface area (Å²) >= 11 is 0. The number of hydrogen-bond acceptors (Lipinski definition) is 6. The Hall–Kier alpha value is -1.67. The SMILES string of the molecule is CCCCCCCCCCCCCCCCCCO.Cc1cc(O)ccc1C(=O)O.OCC(O)CO. The van der Waals surface area contributed by atoms with Crippen LogP contribution < -0.4 is 0 Å². The third-order valence-corrected chi connectivity index (χ3v) is 5.87. The highest BCUT2D eigenvalue weighted by Gasteiger charge is 2.05. The molecule has 0 atom stereocenters. The Morgan fingerprint density at radius 1 is 0.722 bits per heavy atom. The van der Waals surface area contributed by atoms with Crippen LogP contribution in [0.15, 0.2) is 18.2 Å². The van der Waals surface area contributed by atoms with E-state index in [0.717, 1.165) is 6.42 Å². The van der Waals surface area contributed by atoms with Gasteiger partial charge in [-0.3, -0.25) is 0 Å². The standard InChI is InChI=1S/C18H38O.C8H8O3.C3H8O3/c1-2-3-4-5-6-7-8-9-10-11-12-13-14-15-16-17-18-19;1-5-4-6(9)2-3-7(5)8(10)11;4-1-3(6)2-5/h19H,2-18H2,1H3;2-4,9H,1H3,(H,10,11);3-6H,1-2H2. The number of carboxylic acids is 1. The number of hydrogen-bond donors (Lipinski definition) is 6. The van der Waals surface area contributed by atoms with Gasteiger partial charge in [-0.15, -0.1) is 0 Å². The number of phenols is 1. The number of rotatable bonds is 19. The van der Waals surface area contributed by atoms with Gasteiger partial charge in [0.2, 0.25) is 0 Å². The van der Waals surface area contributed by atoms with Gasteiger partial charge in [0.1, 0.15) is 11.9 Å². The molecule has 0 heterocycles. The molecule has 36 heavy (non-hydrogen) atoms. The molecule has 0 amide bonds. The van der Waals surface area contributed by atoms with Gasteiger partial charge in [-0.05, 0) is 37.1 Å². The van der Waals surface area contributed by atoms with Crippen molar-refractivity contribution in [1.29, 1.82) is 0 Å². The van der Waals surface area contributed by atoms with Gasteiger partial charge in [0.25, 0.3) is 0 Å². The Morgan fingerprint density at radius 3 is 1.39 bits per heavy atom. The largest absolute Gasteiger partial charge is 0.508 e. The summed E-state index contributed by atoms with van der Waals surface area (Å²) in [5, 5.41) is 50.2. The summed E-state index contributed by atoms with van der Waals surface area (Å²) in [7, 11) is 0. The predicted molar refractivity (Wildman–Crippen MR) is 147 cm³/mol. The monoisotopic (exact) mass is 514 g/mol. The molecule has 1 aromatic rings. The van der Waals surface area contributed by atoms with Crippen LogP contribution in [-0.4, -0.2) is 62.5 Å². The fourth-order valence-electron chi connectivity index (χ4n) is 3.61. The van der Waals surface area contributed by atoms with Crippen LogP contribution in [0.3, 0.4) is 0 Å². The molecule has 0 aromatic heterocycles. The van der Waals surface area contributed by atoms with Crippen molar-refractivity contribution in [3.05, 3.63) is 29.3 Å². The quantitative estimate of drug-likeness (QED) is 0.125. The number of aliphatic hydroxyl groups is 4. The molecule has 212 valence electrons. The molecule has 0 unspecified atom stereocenters. The van der Waals surface area contributed by atoms with Gasteiger partial charge in [0, 0.05) is 6.61 Å². The lowest BCUT2D eigenvalue weighted by Gasteiger charge is -2.03. The molecule has 1 aromatic carbocycles. The van der Waals surface area contributed by atoms with E-state index in [1.807, 2.05) is 0 Å². The maximum absolute atomic E-state index is 10.5. The number of benzene rings is 1. The zero-order valence-corrected chi connectivity index (χ0v) is 22.8. The summed E-state index contributed by atoms with van der Waals surface area (Å²) in [6.45, 7) is 3.57. The highest BCUT2D eigenvalue weighted by molar-refractivity contribution is 5.89. The lowest BCUT2D eigenvalue weighted by Crippen LogP contribution is -2.15.